The number of para-hydroxylation sites is 2. The number of amides is 1. The average molecular weight is 374 g/mol. The Bertz CT molecular complexity index is 1030. The molecule has 0 saturated carbocycles. The van der Waals surface area contributed by atoms with Gasteiger partial charge in [-0.25, -0.2) is 4.98 Å². The summed E-state index contributed by atoms with van der Waals surface area (Å²) in [6.45, 7) is -0.171. The molecule has 3 rings (SSSR count). The van der Waals surface area contributed by atoms with Crippen LogP contribution in [0.2, 0.25) is 5.02 Å². The van der Waals surface area contributed by atoms with Crippen molar-refractivity contribution in [1.29, 1.82) is 0 Å². The van der Waals surface area contributed by atoms with Crippen LogP contribution >= 0.6 is 11.6 Å². The van der Waals surface area contributed by atoms with E-state index in [1.807, 2.05) is 6.07 Å². The van der Waals surface area contributed by atoms with Crippen LogP contribution in [0.25, 0.3) is 11.0 Å². The maximum absolute atomic E-state index is 12.5. The summed E-state index contributed by atoms with van der Waals surface area (Å²) < 4.78 is 11.8. The largest absolute Gasteiger partial charge is 0.495 e. The van der Waals surface area contributed by atoms with E-state index in [0.29, 0.717) is 33.2 Å². The quantitative estimate of drug-likeness (QED) is 0.743. The van der Waals surface area contributed by atoms with Gasteiger partial charge in [0.1, 0.15) is 18.0 Å². The first-order chi connectivity index (χ1) is 12.5. The predicted molar refractivity (Wildman–Crippen MR) is 99.2 cm³/mol. The van der Waals surface area contributed by atoms with Crippen LogP contribution in [-0.2, 0) is 11.3 Å². The molecule has 26 heavy (non-hydrogen) atoms. The van der Waals surface area contributed by atoms with Crippen molar-refractivity contribution in [2.75, 3.05) is 19.5 Å². The fraction of sp³-hybridized carbons (Fsp3) is 0.167. The summed E-state index contributed by atoms with van der Waals surface area (Å²) in [4.78, 5) is 28.7. The number of fused-ring (bicyclic) bond motifs is 1. The second-order valence-corrected chi connectivity index (χ2v) is 5.81. The molecule has 3 aromatic rings. The zero-order chi connectivity index (χ0) is 18.7. The van der Waals surface area contributed by atoms with Gasteiger partial charge in [-0.2, -0.15) is 0 Å². The summed E-state index contributed by atoms with van der Waals surface area (Å²) in [6, 6.07) is 10.2. The van der Waals surface area contributed by atoms with Gasteiger partial charge in [-0.15, -0.1) is 0 Å². The molecule has 0 fully saturated rings. The van der Waals surface area contributed by atoms with E-state index < -0.39 is 5.91 Å². The van der Waals surface area contributed by atoms with Crippen molar-refractivity contribution in [3.05, 3.63) is 58.0 Å². The molecule has 0 bridgehead atoms. The highest BCUT2D eigenvalue weighted by Gasteiger charge is 2.14. The Morgan fingerprint density at radius 1 is 1.19 bits per heavy atom. The maximum Gasteiger partial charge on any atom is 0.269 e. The third-order valence-corrected chi connectivity index (χ3v) is 4.10. The number of carbonyl (C=O) groups excluding carboxylic acids is 1. The van der Waals surface area contributed by atoms with E-state index in [0.717, 1.165) is 0 Å². The molecule has 0 radical (unpaired) electrons. The Balaban J connectivity index is 1.91. The molecule has 0 saturated heterocycles. The summed E-state index contributed by atoms with van der Waals surface area (Å²) in [7, 11) is 2.94. The molecule has 2 aromatic carbocycles. The van der Waals surface area contributed by atoms with Crippen LogP contribution in [0.3, 0.4) is 0 Å². The lowest BCUT2D eigenvalue weighted by atomic mass is 10.2. The summed E-state index contributed by atoms with van der Waals surface area (Å²) in [6.07, 6.45) is 1.20. The van der Waals surface area contributed by atoms with E-state index >= 15 is 0 Å². The maximum atomic E-state index is 12.5. The number of aromatic nitrogens is 2. The van der Waals surface area contributed by atoms with E-state index in [-0.39, 0.29) is 12.1 Å². The van der Waals surface area contributed by atoms with Crippen molar-refractivity contribution < 1.29 is 14.3 Å². The highest BCUT2D eigenvalue weighted by atomic mass is 35.5. The number of nitrogens with zero attached hydrogens (tertiary/aromatic N) is 2. The van der Waals surface area contributed by atoms with Crippen molar-refractivity contribution in [2.45, 2.75) is 6.54 Å². The second kappa shape index (κ2) is 7.45. The zero-order valence-electron chi connectivity index (χ0n) is 14.2. The molecule has 8 heteroatoms. The van der Waals surface area contributed by atoms with E-state index in [1.165, 1.54) is 25.0 Å². The summed E-state index contributed by atoms with van der Waals surface area (Å²) in [5.41, 5.74) is 1.24. The van der Waals surface area contributed by atoms with Gasteiger partial charge in [0.15, 0.2) is 0 Å². The Morgan fingerprint density at radius 3 is 2.65 bits per heavy atom. The lowest BCUT2D eigenvalue weighted by Gasteiger charge is -2.14. The molecule has 1 N–H and O–H groups in total. The monoisotopic (exact) mass is 373 g/mol. The van der Waals surface area contributed by atoms with E-state index in [2.05, 4.69) is 10.3 Å². The molecular formula is C18H16ClN3O4. The average Bonchev–Trinajstić information content (AvgIpc) is 2.65. The second-order valence-electron chi connectivity index (χ2n) is 5.41. The standard InChI is InChI=1S/C18H16ClN3O4/c1-25-15-8-13(16(26-2)7-11(15)19)21-17(23)10-22-14-6-4-3-5-12(14)20-9-18(22)24/h3-9H,10H2,1-2H3,(H,21,23). The number of hydrogen-bond donors (Lipinski definition) is 1. The van der Waals surface area contributed by atoms with E-state index in [1.54, 1.807) is 30.3 Å². The number of rotatable bonds is 5. The third-order valence-electron chi connectivity index (χ3n) is 3.80. The Kier molecular flexibility index (Phi) is 5.09. The Labute approximate surface area is 154 Å². The highest BCUT2D eigenvalue weighted by molar-refractivity contribution is 6.32. The van der Waals surface area contributed by atoms with Crippen LogP contribution in [0.5, 0.6) is 11.5 Å². The van der Waals surface area contributed by atoms with Crippen molar-refractivity contribution in [1.82, 2.24) is 9.55 Å². The predicted octanol–water partition coefficient (Wildman–Crippen LogP) is 2.71. The normalized spacial score (nSPS) is 10.6. The molecule has 0 aliphatic heterocycles. The minimum Gasteiger partial charge on any atom is -0.495 e. The smallest absolute Gasteiger partial charge is 0.269 e. The number of nitrogens with one attached hydrogen (secondary N) is 1. The van der Waals surface area contributed by atoms with Gasteiger partial charge in [-0.05, 0) is 12.1 Å². The molecule has 134 valence electrons. The minimum atomic E-state index is -0.397. The first kappa shape index (κ1) is 17.8. The molecule has 0 aliphatic rings. The van der Waals surface area contributed by atoms with Gasteiger partial charge < -0.3 is 14.8 Å². The van der Waals surface area contributed by atoms with Gasteiger partial charge in [0.25, 0.3) is 5.56 Å². The zero-order valence-corrected chi connectivity index (χ0v) is 14.9. The van der Waals surface area contributed by atoms with Crippen LogP contribution in [-0.4, -0.2) is 29.7 Å². The SMILES string of the molecule is COc1cc(NC(=O)Cn2c(=O)cnc3ccccc32)c(OC)cc1Cl. The van der Waals surface area contributed by atoms with Crippen LogP contribution in [0.1, 0.15) is 0 Å². The third kappa shape index (κ3) is 3.48. The molecule has 1 amide bonds. The Morgan fingerprint density at radius 2 is 1.92 bits per heavy atom. The van der Waals surface area contributed by atoms with Gasteiger partial charge >= 0.3 is 0 Å². The molecule has 1 aromatic heterocycles. The van der Waals surface area contributed by atoms with Crippen molar-refractivity contribution >= 4 is 34.2 Å². The summed E-state index contributed by atoms with van der Waals surface area (Å²) in [5, 5.41) is 3.08. The van der Waals surface area contributed by atoms with Crippen molar-refractivity contribution in [3.63, 3.8) is 0 Å². The number of ether oxygens (including phenoxy) is 2. The summed E-state index contributed by atoms with van der Waals surface area (Å²) >= 11 is 6.06. The van der Waals surface area contributed by atoms with Crippen LogP contribution < -0.4 is 20.3 Å². The number of hydrogen-bond acceptors (Lipinski definition) is 5. The molecule has 0 atom stereocenters. The Hall–Kier alpha value is -3.06. The molecule has 0 spiro atoms. The van der Waals surface area contributed by atoms with Crippen LogP contribution in [0.15, 0.2) is 47.4 Å². The van der Waals surface area contributed by atoms with E-state index in [4.69, 9.17) is 21.1 Å². The molecular weight excluding hydrogens is 358 g/mol. The van der Waals surface area contributed by atoms with Crippen LogP contribution in [0, 0.1) is 0 Å². The van der Waals surface area contributed by atoms with Gasteiger partial charge in [-0.1, -0.05) is 23.7 Å². The first-order valence-electron chi connectivity index (χ1n) is 7.69. The van der Waals surface area contributed by atoms with Gasteiger partial charge in [0, 0.05) is 12.1 Å². The van der Waals surface area contributed by atoms with Crippen molar-refractivity contribution in [3.8, 4) is 11.5 Å². The van der Waals surface area contributed by atoms with E-state index in [9.17, 15) is 9.59 Å². The van der Waals surface area contributed by atoms with Gasteiger partial charge in [-0.3, -0.25) is 14.2 Å². The molecule has 0 unspecified atom stereocenters. The van der Waals surface area contributed by atoms with Gasteiger partial charge in [0.2, 0.25) is 5.91 Å². The molecule has 7 nitrogen and oxygen atoms in total. The molecule has 0 aliphatic carbocycles. The minimum absolute atomic E-state index is 0.171. The summed E-state index contributed by atoms with van der Waals surface area (Å²) in [5.74, 6) is 0.386. The number of halogens is 1. The molecule has 1 heterocycles. The first-order valence-corrected chi connectivity index (χ1v) is 8.07. The lowest BCUT2D eigenvalue weighted by Crippen LogP contribution is -2.28. The lowest BCUT2D eigenvalue weighted by molar-refractivity contribution is -0.116. The highest BCUT2D eigenvalue weighted by Crippen LogP contribution is 2.35. The number of methoxy groups -OCH3 is 2. The topological polar surface area (TPSA) is 82.5 Å². The number of anilines is 1. The fourth-order valence-corrected chi connectivity index (χ4v) is 2.80. The van der Waals surface area contributed by atoms with Crippen molar-refractivity contribution in [2.24, 2.45) is 0 Å². The number of benzene rings is 2. The fourth-order valence-electron chi connectivity index (χ4n) is 2.57. The van der Waals surface area contributed by atoms with Crippen LogP contribution in [0.4, 0.5) is 5.69 Å². The van der Waals surface area contributed by atoms with Gasteiger partial charge in [0.05, 0.1) is 42.2 Å². The number of carbonyl (C=O) groups is 1.